The molecule has 1 aliphatic carbocycles. The Morgan fingerprint density at radius 1 is 1.47 bits per heavy atom. The zero-order valence-corrected chi connectivity index (χ0v) is 10.7. The molecule has 17 heavy (non-hydrogen) atoms. The first kappa shape index (κ1) is 12.6. The maximum absolute atomic E-state index is 12.1. The second kappa shape index (κ2) is 5.21. The topological polar surface area (TPSA) is 40.5 Å². The van der Waals surface area contributed by atoms with Crippen LogP contribution in [-0.2, 0) is 4.79 Å². The highest BCUT2D eigenvalue weighted by molar-refractivity contribution is 5.79. The summed E-state index contributed by atoms with van der Waals surface area (Å²) in [5, 5.41) is 9.99. The molecular weight excluding hydrogens is 214 g/mol. The van der Waals surface area contributed by atoms with Gasteiger partial charge in [-0.25, -0.2) is 0 Å². The van der Waals surface area contributed by atoms with E-state index in [2.05, 4.69) is 6.08 Å². The van der Waals surface area contributed by atoms with Gasteiger partial charge in [-0.2, -0.15) is 0 Å². The smallest absolute Gasteiger partial charge is 0.226 e. The molecule has 0 bridgehead atoms. The zero-order valence-electron chi connectivity index (χ0n) is 10.7. The number of allylic oxidation sites excluding steroid dienone is 1. The minimum Gasteiger partial charge on any atom is -0.388 e. The maximum atomic E-state index is 12.1. The fraction of sp³-hybridized carbons (Fsp3) is 0.786. The van der Waals surface area contributed by atoms with Crippen LogP contribution >= 0.6 is 0 Å². The van der Waals surface area contributed by atoms with Crippen molar-refractivity contribution in [1.82, 2.24) is 4.90 Å². The summed E-state index contributed by atoms with van der Waals surface area (Å²) in [7, 11) is 0. The van der Waals surface area contributed by atoms with Gasteiger partial charge in [0, 0.05) is 19.5 Å². The van der Waals surface area contributed by atoms with Gasteiger partial charge in [-0.3, -0.25) is 4.79 Å². The van der Waals surface area contributed by atoms with Crippen molar-refractivity contribution >= 4 is 5.91 Å². The first-order valence-electron chi connectivity index (χ1n) is 6.75. The number of hydrogen-bond donors (Lipinski definition) is 1. The molecule has 1 amide bonds. The van der Waals surface area contributed by atoms with E-state index < -0.39 is 5.60 Å². The van der Waals surface area contributed by atoms with Gasteiger partial charge in [0.1, 0.15) is 0 Å². The number of aliphatic hydroxyl groups is 1. The minimum absolute atomic E-state index is 0.193. The summed E-state index contributed by atoms with van der Waals surface area (Å²) in [6.07, 6.45) is 9.19. The van der Waals surface area contributed by atoms with Crippen molar-refractivity contribution < 1.29 is 9.90 Å². The molecule has 0 radical (unpaired) electrons. The van der Waals surface area contributed by atoms with Gasteiger partial charge in [-0.15, -0.1) is 0 Å². The quantitative estimate of drug-likeness (QED) is 0.748. The molecule has 0 spiro atoms. The Kier molecular flexibility index (Phi) is 3.87. The van der Waals surface area contributed by atoms with E-state index in [1.54, 1.807) is 0 Å². The number of carbonyl (C=O) groups excluding carboxylic acids is 1. The number of carbonyl (C=O) groups is 1. The lowest BCUT2D eigenvalue weighted by molar-refractivity contribution is -0.136. The largest absolute Gasteiger partial charge is 0.388 e. The van der Waals surface area contributed by atoms with Crippen molar-refractivity contribution in [1.29, 1.82) is 0 Å². The zero-order chi connectivity index (χ0) is 12.3. The van der Waals surface area contributed by atoms with Crippen LogP contribution in [0.15, 0.2) is 11.6 Å². The van der Waals surface area contributed by atoms with Crippen LogP contribution in [0.4, 0.5) is 0 Å². The van der Waals surface area contributed by atoms with Crippen LogP contribution < -0.4 is 0 Å². The Bertz CT molecular complexity index is 320. The van der Waals surface area contributed by atoms with Gasteiger partial charge < -0.3 is 10.0 Å². The highest BCUT2D eigenvalue weighted by Gasteiger charge is 2.30. The third kappa shape index (κ3) is 3.56. The molecule has 1 fully saturated rings. The predicted molar refractivity (Wildman–Crippen MR) is 67.6 cm³/mol. The molecule has 3 nitrogen and oxygen atoms in total. The molecular formula is C14H23NO2. The summed E-state index contributed by atoms with van der Waals surface area (Å²) in [6, 6.07) is 0. The summed E-state index contributed by atoms with van der Waals surface area (Å²) >= 11 is 0. The molecule has 1 heterocycles. The molecule has 3 heteroatoms. The van der Waals surface area contributed by atoms with E-state index in [9.17, 15) is 9.90 Å². The maximum Gasteiger partial charge on any atom is 0.226 e. The summed E-state index contributed by atoms with van der Waals surface area (Å²) in [4.78, 5) is 14.0. The van der Waals surface area contributed by atoms with E-state index in [1.165, 1.54) is 18.4 Å². The van der Waals surface area contributed by atoms with Crippen molar-refractivity contribution in [2.45, 2.75) is 57.5 Å². The van der Waals surface area contributed by atoms with Crippen LogP contribution in [0, 0.1) is 0 Å². The van der Waals surface area contributed by atoms with Crippen LogP contribution in [0.5, 0.6) is 0 Å². The number of rotatable bonds is 2. The standard InChI is InChI=1S/C14H23NO2/c1-14(17)8-5-9-15(11-14)13(16)10-12-6-3-2-4-7-12/h6,17H,2-5,7-11H2,1H3. The third-order valence-electron chi connectivity index (χ3n) is 3.79. The normalized spacial score (nSPS) is 30.0. The molecule has 96 valence electrons. The lowest BCUT2D eigenvalue weighted by atomic mass is 9.93. The molecule has 1 atom stereocenters. The second-order valence-corrected chi connectivity index (χ2v) is 5.70. The average Bonchev–Trinajstić information content (AvgIpc) is 2.29. The van der Waals surface area contributed by atoms with Crippen LogP contribution in [0.2, 0.25) is 0 Å². The SMILES string of the molecule is CC1(O)CCCN(C(=O)CC2=CCCCC2)C1. The minimum atomic E-state index is -0.686. The van der Waals surface area contributed by atoms with E-state index in [1.807, 2.05) is 11.8 Å². The predicted octanol–water partition coefficient (Wildman–Crippen LogP) is 2.25. The summed E-state index contributed by atoms with van der Waals surface area (Å²) in [5.74, 6) is 0.193. The number of piperidine rings is 1. The van der Waals surface area contributed by atoms with Crippen molar-refractivity contribution in [3.63, 3.8) is 0 Å². The average molecular weight is 237 g/mol. The number of β-amino-alcohol motifs (C(OH)–C–C–N with tert-alkyl or cyclic N) is 1. The van der Waals surface area contributed by atoms with E-state index >= 15 is 0 Å². The van der Waals surface area contributed by atoms with E-state index in [0.717, 1.165) is 32.2 Å². The number of nitrogens with zero attached hydrogens (tertiary/aromatic N) is 1. The van der Waals surface area contributed by atoms with Crippen LogP contribution in [0.3, 0.4) is 0 Å². The van der Waals surface area contributed by atoms with Crippen LogP contribution in [-0.4, -0.2) is 34.6 Å². The molecule has 0 aromatic rings. The van der Waals surface area contributed by atoms with Crippen molar-refractivity contribution in [3.8, 4) is 0 Å². The molecule has 0 aromatic heterocycles. The van der Waals surface area contributed by atoms with Crippen molar-refractivity contribution in [2.24, 2.45) is 0 Å². The number of amides is 1. The van der Waals surface area contributed by atoms with Crippen molar-refractivity contribution in [2.75, 3.05) is 13.1 Å². The Labute approximate surface area is 103 Å². The molecule has 1 N–H and O–H groups in total. The molecule has 2 aliphatic rings. The molecule has 0 aromatic carbocycles. The van der Waals surface area contributed by atoms with E-state index in [4.69, 9.17) is 0 Å². The molecule has 1 aliphatic heterocycles. The molecule has 0 saturated carbocycles. The first-order valence-corrected chi connectivity index (χ1v) is 6.75. The monoisotopic (exact) mass is 237 g/mol. The van der Waals surface area contributed by atoms with Gasteiger partial charge in [0.15, 0.2) is 0 Å². The highest BCUT2D eigenvalue weighted by atomic mass is 16.3. The van der Waals surface area contributed by atoms with E-state index in [0.29, 0.717) is 13.0 Å². The fourth-order valence-electron chi connectivity index (χ4n) is 2.80. The lowest BCUT2D eigenvalue weighted by Gasteiger charge is -2.37. The van der Waals surface area contributed by atoms with Gasteiger partial charge in [0.25, 0.3) is 0 Å². The Morgan fingerprint density at radius 3 is 2.94 bits per heavy atom. The molecule has 2 rings (SSSR count). The number of likely N-dealkylation sites (tertiary alicyclic amines) is 1. The molecule has 1 unspecified atom stereocenters. The van der Waals surface area contributed by atoms with Gasteiger partial charge in [0.2, 0.25) is 5.91 Å². The first-order chi connectivity index (χ1) is 8.07. The van der Waals surface area contributed by atoms with Crippen LogP contribution in [0.1, 0.15) is 51.9 Å². The van der Waals surface area contributed by atoms with Gasteiger partial charge in [-0.05, 0) is 45.4 Å². The Balaban J connectivity index is 1.89. The number of hydrogen-bond acceptors (Lipinski definition) is 2. The highest BCUT2D eigenvalue weighted by Crippen LogP contribution is 2.24. The van der Waals surface area contributed by atoms with Gasteiger partial charge in [-0.1, -0.05) is 11.6 Å². The fourth-order valence-corrected chi connectivity index (χ4v) is 2.80. The lowest BCUT2D eigenvalue weighted by Crippen LogP contribution is -2.48. The summed E-state index contributed by atoms with van der Waals surface area (Å²) in [5.41, 5.74) is 0.612. The third-order valence-corrected chi connectivity index (χ3v) is 3.79. The Morgan fingerprint density at radius 2 is 2.29 bits per heavy atom. The molecule has 1 saturated heterocycles. The summed E-state index contributed by atoms with van der Waals surface area (Å²) in [6.45, 7) is 3.13. The van der Waals surface area contributed by atoms with Crippen LogP contribution in [0.25, 0.3) is 0 Å². The summed E-state index contributed by atoms with van der Waals surface area (Å²) < 4.78 is 0. The van der Waals surface area contributed by atoms with Gasteiger partial charge >= 0.3 is 0 Å². The second-order valence-electron chi connectivity index (χ2n) is 5.70. The van der Waals surface area contributed by atoms with Crippen molar-refractivity contribution in [3.05, 3.63) is 11.6 Å². The van der Waals surface area contributed by atoms with E-state index in [-0.39, 0.29) is 5.91 Å². The van der Waals surface area contributed by atoms with Gasteiger partial charge in [0.05, 0.1) is 5.60 Å². The Hall–Kier alpha value is -0.830.